The van der Waals surface area contributed by atoms with Gasteiger partial charge in [0, 0.05) is 20.1 Å². The molecular weight excluding hydrogens is 290 g/mol. The first kappa shape index (κ1) is 14.1. The molecule has 0 radical (unpaired) electrons. The molecule has 1 N–H and O–H groups in total. The maximum Gasteiger partial charge on any atom is 0.257 e. The SMILES string of the molecule is CNc1nc(N2CCCC2)nc(-n2nc(C)c(Cl)c2C)n1. The van der Waals surface area contributed by atoms with Crippen molar-refractivity contribution < 1.29 is 0 Å². The molecule has 2 aromatic rings. The molecule has 3 rings (SSSR count). The van der Waals surface area contributed by atoms with Gasteiger partial charge in [0.1, 0.15) is 0 Å². The van der Waals surface area contributed by atoms with Gasteiger partial charge in [-0.25, -0.2) is 4.68 Å². The zero-order valence-corrected chi connectivity index (χ0v) is 13.1. The van der Waals surface area contributed by atoms with Crippen molar-refractivity contribution in [3.8, 4) is 5.95 Å². The van der Waals surface area contributed by atoms with E-state index in [2.05, 4.69) is 30.3 Å². The van der Waals surface area contributed by atoms with Crippen LogP contribution in [0, 0.1) is 13.8 Å². The van der Waals surface area contributed by atoms with E-state index >= 15 is 0 Å². The maximum absolute atomic E-state index is 6.21. The molecule has 0 unspecified atom stereocenters. The van der Waals surface area contributed by atoms with Gasteiger partial charge in [0.2, 0.25) is 11.9 Å². The van der Waals surface area contributed by atoms with Gasteiger partial charge in [-0.3, -0.25) is 0 Å². The monoisotopic (exact) mass is 307 g/mol. The van der Waals surface area contributed by atoms with Crippen molar-refractivity contribution >= 4 is 23.5 Å². The van der Waals surface area contributed by atoms with Crippen molar-refractivity contribution in [2.45, 2.75) is 26.7 Å². The van der Waals surface area contributed by atoms with Crippen molar-refractivity contribution in [2.24, 2.45) is 0 Å². The fraction of sp³-hybridized carbons (Fsp3) is 0.538. The summed E-state index contributed by atoms with van der Waals surface area (Å²) < 4.78 is 1.67. The van der Waals surface area contributed by atoms with E-state index in [9.17, 15) is 0 Å². The first-order valence-corrected chi connectivity index (χ1v) is 7.39. The Labute approximate surface area is 128 Å². The highest BCUT2D eigenvalue weighted by Gasteiger charge is 2.19. The smallest absolute Gasteiger partial charge is 0.257 e. The second kappa shape index (κ2) is 5.48. The van der Waals surface area contributed by atoms with Crippen LogP contribution in [0.3, 0.4) is 0 Å². The summed E-state index contributed by atoms with van der Waals surface area (Å²) >= 11 is 6.21. The van der Waals surface area contributed by atoms with Crippen LogP contribution in [0.2, 0.25) is 5.02 Å². The lowest BCUT2D eigenvalue weighted by Gasteiger charge is -2.16. The number of hydrogen-bond donors (Lipinski definition) is 1. The fourth-order valence-electron chi connectivity index (χ4n) is 2.44. The third-order valence-corrected chi connectivity index (χ3v) is 4.16. The molecule has 1 aliphatic heterocycles. The topological polar surface area (TPSA) is 71.8 Å². The van der Waals surface area contributed by atoms with Crippen LogP contribution in [-0.4, -0.2) is 44.9 Å². The van der Waals surface area contributed by atoms with Crippen LogP contribution in [0.1, 0.15) is 24.2 Å². The quantitative estimate of drug-likeness (QED) is 0.934. The van der Waals surface area contributed by atoms with Crippen molar-refractivity contribution in [3.05, 3.63) is 16.4 Å². The molecule has 0 bridgehead atoms. The minimum atomic E-state index is 0.490. The van der Waals surface area contributed by atoms with E-state index in [4.69, 9.17) is 11.6 Å². The summed E-state index contributed by atoms with van der Waals surface area (Å²) in [5, 5.41) is 8.03. The molecule has 0 spiro atoms. The van der Waals surface area contributed by atoms with Gasteiger partial charge >= 0.3 is 0 Å². The van der Waals surface area contributed by atoms with Crippen LogP contribution >= 0.6 is 11.6 Å². The van der Waals surface area contributed by atoms with Crippen molar-refractivity contribution in [1.29, 1.82) is 0 Å². The van der Waals surface area contributed by atoms with Crippen LogP contribution in [0.25, 0.3) is 5.95 Å². The Hall–Kier alpha value is -1.89. The number of nitrogens with one attached hydrogen (secondary N) is 1. The lowest BCUT2D eigenvalue weighted by atomic mass is 10.4. The molecule has 8 heteroatoms. The summed E-state index contributed by atoms with van der Waals surface area (Å²) in [6.07, 6.45) is 2.34. The zero-order valence-electron chi connectivity index (χ0n) is 12.4. The second-order valence-corrected chi connectivity index (χ2v) is 5.48. The van der Waals surface area contributed by atoms with Crippen LogP contribution in [0.4, 0.5) is 11.9 Å². The largest absolute Gasteiger partial charge is 0.357 e. The molecule has 3 heterocycles. The molecule has 112 valence electrons. The van der Waals surface area contributed by atoms with E-state index in [1.54, 1.807) is 11.7 Å². The van der Waals surface area contributed by atoms with Gasteiger partial charge in [-0.1, -0.05) is 11.6 Å². The minimum absolute atomic E-state index is 0.490. The van der Waals surface area contributed by atoms with Gasteiger partial charge in [0.05, 0.1) is 16.4 Å². The number of aromatic nitrogens is 5. The number of anilines is 2. The molecule has 0 aromatic carbocycles. The number of hydrogen-bond acceptors (Lipinski definition) is 6. The van der Waals surface area contributed by atoms with E-state index < -0.39 is 0 Å². The molecule has 7 nitrogen and oxygen atoms in total. The highest BCUT2D eigenvalue weighted by molar-refractivity contribution is 6.31. The van der Waals surface area contributed by atoms with E-state index in [1.807, 2.05) is 13.8 Å². The first-order chi connectivity index (χ1) is 10.1. The Balaban J connectivity index is 2.08. The Morgan fingerprint density at radius 3 is 2.29 bits per heavy atom. The van der Waals surface area contributed by atoms with Crippen LogP contribution in [0.5, 0.6) is 0 Å². The molecule has 1 aliphatic rings. The van der Waals surface area contributed by atoms with Gasteiger partial charge in [0.15, 0.2) is 0 Å². The van der Waals surface area contributed by atoms with Gasteiger partial charge in [-0.15, -0.1) is 0 Å². The Morgan fingerprint density at radius 2 is 1.71 bits per heavy atom. The second-order valence-electron chi connectivity index (χ2n) is 5.10. The Morgan fingerprint density at radius 1 is 1.05 bits per heavy atom. The van der Waals surface area contributed by atoms with Crippen LogP contribution < -0.4 is 10.2 Å². The summed E-state index contributed by atoms with van der Waals surface area (Å²) in [6.45, 7) is 5.73. The van der Waals surface area contributed by atoms with Crippen LogP contribution in [0.15, 0.2) is 0 Å². The number of aryl methyl sites for hydroxylation is 1. The predicted octanol–water partition coefficient (Wildman–Crippen LogP) is 1.97. The Bertz CT molecular complexity index is 661. The van der Waals surface area contributed by atoms with E-state index in [0.29, 0.717) is 22.9 Å². The highest BCUT2D eigenvalue weighted by atomic mass is 35.5. The summed E-state index contributed by atoms with van der Waals surface area (Å²) in [4.78, 5) is 15.5. The van der Waals surface area contributed by atoms with Gasteiger partial charge in [-0.05, 0) is 26.7 Å². The standard InChI is InChI=1S/C13H18ClN7/c1-8-10(14)9(2)21(19-8)13-17-11(15-3)16-12(18-13)20-6-4-5-7-20/h4-7H2,1-3H3,(H,15,16,17,18). The molecule has 21 heavy (non-hydrogen) atoms. The molecule has 1 fully saturated rings. The molecule has 0 aliphatic carbocycles. The third kappa shape index (κ3) is 2.53. The number of rotatable bonds is 3. The lowest BCUT2D eigenvalue weighted by Crippen LogP contribution is -2.22. The summed E-state index contributed by atoms with van der Waals surface area (Å²) in [7, 11) is 1.79. The number of halogens is 1. The normalized spacial score (nSPS) is 14.8. The molecule has 0 atom stereocenters. The van der Waals surface area contributed by atoms with Gasteiger partial charge in [-0.2, -0.15) is 20.1 Å². The van der Waals surface area contributed by atoms with Crippen molar-refractivity contribution in [1.82, 2.24) is 24.7 Å². The van der Waals surface area contributed by atoms with Gasteiger partial charge < -0.3 is 10.2 Å². The molecular formula is C13H18ClN7. The average molecular weight is 308 g/mol. The highest BCUT2D eigenvalue weighted by Crippen LogP contribution is 2.23. The fourth-order valence-corrected chi connectivity index (χ4v) is 2.56. The lowest BCUT2D eigenvalue weighted by molar-refractivity contribution is 0.755. The van der Waals surface area contributed by atoms with E-state index in [1.165, 1.54) is 12.8 Å². The molecule has 1 saturated heterocycles. The van der Waals surface area contributed by atoms with E-state index in [0.717, 1.165) is 24.5 Å². The average Bonchev–Trinajstić information content (AvgIpc) is 3.12. The third-order valence-electron chi connectivity index (χ3n) is 3.62. The van der Waals surface area contributed by atoms with Crippen molar-refractivity contribution in [2.75, 3.05) is 30.4 Å². The number of nitrogens with zero attached hydrogens (tertiary/aromatic N) is 6. The first-order valence-electron chi connectivity index (χ1n) is 7.01. The molecule has 2 aromatic heterocycles. The Kier molecular flexibility index (Phi) is 3.67. The predicted molar refractivity (Wildman–Crippen MR) is 82.4 cm³/mol. The summed E-state index contributed by atoms with van der Waals surface area (Å²) in [5.74, 6) is 1.71. The van der Waals surface area contributed by atoms with Gasteiger partial charge in [0.25, 0.3) is 5.95 Å². The summed E-state index contributed by atoms with van der Waals surface area (Å²) in [5.41, 5.74) is 1.60. The summed E-state index contributed by atoms with van der Waals surface area (Å²) in [6, 6.07) is 0. The van der Waals surface area contributed by atoms with E-state index in [-0.39, 0.29) is 0 Å². The van der Waals surface area contributed by atoms with Crippen molar-refractivity contribution in [3.63, 3.8) is 0 Å². The maximum atomic E-state index is 6.21. The minimum Gasteiger partial charge on any atom is -0.357 e. The van der Waals surface area contributed by atoms with Crippen LogP contribution in [-0.2, 0) is 0 Å². The molecule has 0 saturated carbocycles. The molecule has 0 amide bonds. The zero-order chi connectivity index (χ0) is 15.0.